The molecule has 10 heteroatoms. The molecule has 2 aromatic rings. The third kappa shape index (κ3) is 5.55. The lowest BCUT2D eigenvalue weighted by atomic mass is 10.2. The first-order valence-corrected chi connectivity index (χ1v) is 9.12. The molecule has 0 fully saturated rings. The van der Waals surface area contributed by atoms with E-state index in [1.807, 2.05) is 6.92 Å². The molecule has 1 heterocycles. The predicted octanol–water partition coefficient (Wildman–Crippen LogP) is 2.76. The summed E-state index contributed by atoms with van der Waals surface area (Å²) in [5.41, 5.74) is 0.595. The number of nitrogens with one attached hydrogen (secondary N) is 2. The molecule has 2 N–H and O–H groups in total. The number of non-ortho nitro benzene ring substituents is 1. The summed E-state index contributed by atoms with van der Waals surface area (Å²) in [6, 6.07) is 5.37. The van der Waals surface area contributed by atoms with Gasteiger partial charge in [-0.1, -0.05) is 25.1 Å². The minimum atomic E-state index is -0.565. The average molecular weight is 392 g/mol. The molecule has 27 heavy (non-hydrogen) atoms. The average Bonchev–Trinajstić information content (AvgIpc) is 2.61. The minimum absolute atomic E-state index is 0.137. The fourth-order valence-electron chi connectivity index (χ4n) is 2.28. The molecular weight excluding hydrogens is 372 g/mol. The molecule has 1 atom stereocenters. The molecule has 0 bridgehead atoms. The van der Waals surface area contributed by atoms with Crippen LogP contribution in [0.3, 0.4) is 0 Å². The molecule has 0 spiro atoms. The summed E-state index contributed by atoms with van der Waals surface area (Å²) in [5, 5.41) is 13.3. The van der Waals surface area contributed by atoms with Crippen molar-refractivity contribution in [1.29, 1.82) is 0 Å². The third-order valence-electron chi connectivity index (χ3n) is 3.59. The second-order valence-corrected chi connectivity index (χ2v) is 7.01. The highest BCUT2D eigenvalue weighted by Crippen LogP contribution is 2.30. The van der Waals surface area contributed by atoms with E-state index in [1.165, 1.54) is 31.4 Å². The van der Waals surface area contributed by atoms with Gasteiger partial charge in [0, 0.05) is 17.8 Å². The number of anilines is 1. The number of hydrogen-bond donors (Lipinski definition) is 2. The van der Waals surface area contributed by atoms with Gasteiger partial charge in [0.15, 0.2) is 5.16 Å². The van der Waals surface area contributed by atoms with Crippen LogP contribution in [0.15, 0.2) is 34.2 Å². The standard InChI is InChI=1S/C17H20N4O5S/c1-4-5-11-8-15(22)20-17(18-11)27-10(2)16(23)19-13-7-6-12(21(24)25)9-14(13)26-3/h6-10H,4-5H2,1-3H3,(H,19,23)(H,18,20,22)/t10-/m1/s1. The zero-order valence-electron chi connectivity index (χ0n) is 15.1. The minimum Gasteiger partial charge on any atom is -0.494 e. The summed E-state index contributed by atoms with van der Waals surface area (Å²) in [6.45, 7) is 3.66. The maximum atomic E-state index is 12.5. The lowest BCUT2D eigenvalue weighted by Crippen LogP contribution is -2.23. The second kappa shape index (κ2) is 9.17. The Labute approximate surface area is 159 Å². The Morgan fingerprint density at radius 2 is 2.19 bits per heavy atom. The molecule has 0 aliphatic heterocycles. The Morgan fingerprint density at radius 1 is 1.44 bits per heavy atom. The number of carbonyl (C=O) groups excluding carboxylic acids is 1. The summed E-state index contributed by atoms with van der Waals surface area (Å²) in [6.07, 6.45) is 1.54. The van der Waals surface area contributed by atoms with E-state index in [1.54, 1.807) is 6.92 Å². The second-order valence-electron chi connectivity index (χ2n) is 5.68. The van der Waals surface area contributed by atoms with Gasteiger partial charge in [0.25, 0.3) is 11.2 Å². The number of rotatable bonds is 8. The first kappa shape index (κ1) is 20.4. The van der Waals surface area contributed by atoms with Crippen LogP contribution < -0.4 is 15.6 Å². The van der Waals surface area contributed by atoms with E-state index in [0.29, 0.717) is 23.0 Å². The van der Waals surface area contributed by atoms with Crippen LogP contribution >= 0.6 is 11.8 Å². The zero-order valence-corrected chi connectivity index (χ0v) is 16.0. The van der Waals surface area contributed by atoms with Crippen molar-refractivity contribution in [3.05, 3.63) is 50.4 Å². The molecule has 1 aromatic carbocycles. The smallest absolute Gasteiger partial charge is 0.273 e. The maximum absolute atomic E-state index is 12.5. The van der Waals surface area contributed by atoms with Gasteiger partial charge in [-0.05, 0) is 19.4 Å². The maximum Gasteiger partial charge on any atom is 0.273 e. The highest BCUT2D eigenvalue weighted by atomic mass is 32.2. The van der Waals surface area contributed by atoms with Gasteiger partial charge in [-0.2, -0.15) is 0 Å². The molecule has 0 aliphatic rings. The van der Waals surface area contributed by atoms with Gasteiger partial charge in [0.05, 0.1) is 29.0 Å². The molecule has 0 saturated carbocycles. The number of aromatic nitrogens is 2. The van der Waals surface area contributed by atoms with E-state index >= 15 is 0 Å². The number of carbonyl (C=O) groups is 1. The molecule has 0 aliphatic carbocycles. The number of H-pyrrole nitrogens is 1. The molecule has 9 nitrogen and oxygen atoms in total. The third-order valence-corrected chi connectivity index (χ3v) is 4.57. The van der Waals surface area contributed by atoms with Gasteiger partial charge >= 0.3 is 0 Å². The molecular formula is C17H20N4O5S. The van der Waals surface area contributed by atoms with Crippen molar-refractivity contribution < 1.29 is 14.5 Å². The van der Waals surface area contributed by atoms with Gasteiger partial charge < -0.3 is 15.0 Å². The Balaban J connectivity index is 2.12. The Bertz CT molecular complexity index is 899. The van der Waals surface area contributed by atoms with Crippen LogP contribution in [0, 0.1) is 10.1 Å². The lowest BCUT2D eigenvalue weighted by molar-refractivity contribution is -0.384. The van der Waals surface area contributed by atoms with Crippen LogP contribution in [0.4, 0.5) is 11.4 Å². The topological polar surface area (TPSA) is 127 Å². The molecule has 0 unspecified atom stereocenters. The number of nitro benzene ring substituents is 1. The molecule has 0 saturated heterocycles. The highest BCUT2D eigenvalue weighted by Gasteiger charge is 2.19. The molecule has 0 radical (unpaired) electrons. The quantitative estimate of drug-likeness (QED) is 0.306. The summed E-state index contributed by atoms with van der Waals surface area (Å²) in [4.78, 5) is 41.4. The largest absolute Gasteiger partial charge is 0.494 e. The number of hydrogen-bond acceptors (Lipinski definition) is 7. The van der Waals surface area contributed by atoms with Crippen molar-refractivity contribution in [3.8, 4) is 5.75 Å². The van der Waals surface area contributed by atoms with E-state index in [9.17, 15) is 19.7 Å². The van der Waals surface area contributed by atoms with Crippen LogP contribution in [-0.4, -0.2) is 33.2 Å². The number of ether oxygens (including phenoxy) is 1. The molecule has 2 rings (SSSR count). The van der Waals surface area contributed by atoms with Crippen molar-refractivity contribution in [3.63, 3.8) is 0 Å². The number of thioether (sulfide) groups is 1. The highest BCUT2D eigenvalue weighted by molar-refractivity contribution is 8.00. The van der Waals surface area contributed by atoms with E-state index < -0.39 is 10.2 Å². The SMILES string of the molecule is CCCc1cc(=O)[nH]c(S[C@H](C)C(=O)Nc2ccc([N+](=O)[O-])cc2OC)n1. The lowest BCUT2D eigenvalue weighted by Gasteiger charge is -2.14. The molecule has 1 amide bonds. The van der Waals surface area contributed by atoms with Crippen LogP contribution in [0.2, 0.25) is 0 Å². The first-order valence-electron chi connectivity index (χ1n) is 8.24. The Hall–Kier alpha value is -2.88. The molecule has 1 aromatic heterocycles. The van der Waals surface area contributed by atoms with Crippen molar-refractivity contribution in [2.75, 3.05) is 12.4 Å². The van der Waals surface area contributed by atoms with Crippen LogP contribution in [0.25, 0.3) is 0 Å². The van der Waals surface area contributed by atoms with Crippen LogP contribution in [-0.2, 0) is 11.2 Å². The van der Waals surface area contributed by atoms with E-state index in [0.717, 1.165) is 18.2 Å². The first-order chi connectivity index (χ1) is 12.8. The normalized spacial score (nSPS) is 11.7. The summed E-state index contributed by atoms with van der Waals surface area (Å²) >= 11 is 1.12. The Kier molecular flexibility index (Phi) is 6.94. The monoisotopic (exact) mass is 392 g/mol. The Morgan fingerprint density at radius 3 is 2.81 bits per heavy atom. The van der Waals surface area contributed by atoms with Crippen molar-refractivity contribution in [2.24, 2.45) is 0 Å². The summed E-state index contributed by atoms with van der Waals surface area (Å²) in [5.74, 6) is -0.165. The van der Waals surface area contributed by atoms with E-state index in [2.05, 4.69) is 15.3 Å². The fourth-order valence-corrected chi connectivity index (χ4v) is 3.11. The van der Waals surface area contributed by atoms with Crippen LogP contribution in [0.5, 0.6) is 5.75 Å². The van der Waals surface area contributed by atoms with Gasteiger partial charge in [-0.25, -0.2) is 4.98 Å². The van der Waals surface area contributed by atoms with Crippen LogP contribution in [0.1, 0.15) is 26.0 Å². The fraction of sp³-hybridized carbons (Fsp3) is 0.353. The number of nitrogens with zero attached hydrogens (tertiary/aromatic N) is 2. The summed E-state index contributed by atoms with van der Waals surface area (Å²) < 4.78 is 5.11. The number of aryl methyl sites for hydroxylation is 1. The van der Waals surface area contributed by atoms with Gasteiger partial charge in [0.2, 0.25) is 5.91 Å². The zero-order chi connectivity index (χ0) is 20.0. The van der Waals surface area contributed by atoms with Gasteiger partial charge in [-0.15, -0.1) is 0 Å². The van der Waals surface area contributed by atoms with E-state index in [4.69, 9.17) is 4.74 Å². The number of methoxy groups -OCH3 is 1. The predicted molar refractivity (Wildman–Crippen MR) is 102 cm³/mol. The molecule has 144 valence electrons. The van der Waals surface area contributed by atoms with Crippen molar-refractivity contribution >= 4 is 29.0 Å². The van der Waals surface area contributed by atoms with Crippen molar-refractivity contribution in [1.82, 2.24) is 9.97 Å². The van der Waals surface area contributed by atoms with E-state index in [-0.39, 0.29) is 22.9 Å². The number of benzene rings is 1. The van der Waals surface area contributed by atoms with Gasteiger partial charge in [0.1, 0.15) is 5.75 Å². The summed E-state index contributed by atoms with van der Waals surface area (Å²) in [7, 11) is 1.36. The van der Waals surface area contributed by atoms with Crippen molar-refractivity contribution in [2.45, 2.75) is 37.1 Å². The van der Waals surface area contributed by atoms with Gasteiger partial charge in [-0.3, -0.25) is 19.7 Å². The number of aromatic amines is 1. The number of nitro groups is 1. The number of amides is 1.